The topological polar surface area (TPSA) is 12.5 Å². The molecule has 0 aromatic heterocycles. The minimum atomic E-state index is 0.934. The van der Waals surface area contributed by atoms with Crippen LogP contribution in [0.5, 0.6) is 0 Å². The van der Waals surface area contributed by atoms with Crippen molar-refractivity contribution < 1.29 is 4.74 Å². The van der Waals surface area contributed by atoms with Gasteiger partial charge in [-0.2, -0.15) is 0 Å². The van der Waals surface area contributed by atoms with Crippen molar-refractivity contribution in [2.45, 2.75) is 26.2 Å². The maximum atomic E-state index is 5.36. The Morgan fingerprint density at radius 1 is 1.27 bits per heavy atom. The highest BCUT2D eigenvalue weighted by molar-refractivity contribution is 4.60. The largest absolute Gasteiger partial charge is 0.380 e. The Labute approximate surface area is 69.5 Å². The van der Waals surface area contributed by atoms with Crippen molar-refractivity contribution in [3.8, 4) is 0 Å². The van der Waals surface area contributed by atoms with Gasteiger partial charge in [-0.1, -0.05) is 13.3 Å². The van der Waals surface area contributed by atoms with Crippen LogP contribution < -0.4 is 0 Å². The highest BCUT2D eigenvalue weighted by Crippen LogP contribution is 2.00. The highest BCUT2D eigenvalue weighted by Gasteiger charge is 2.06. The van der Waals surface area contributed by atoms with Crippen molar-refractivity contribution >= 4 is 0 Å². The molecule has 2 nitrogen and oxygen atoms in total. The fourth-order valence-electron chi connectivity index (χ4n) is 1.40. The normalized spacial score (nSPS) is 21.5. The van der Waals surface area contributed by atoms with Crippen molar-refractivity contribution in [1.82, 2.24) is 4.90 Å². The van der Waals surface area contributed by atoms with Crippen molar-refractivity contribution in [3.05, 3.63) is 0 Å². The molecule has 11 heavy (non-hydrogen) atoms. The molecule has 0 bridgehead atoms. The van der Waals surface area contributed by atoms with E-state index in [-0.39, 0.29) is 0 Å². The maximum absolute atomic E-state index is 5.36. The van der Waals surface area contributed by atoms with E-state index < -0.39 is 0 Å². The van der Waals surface area contributed by atoms with Crippen LogP contribution in [0.25, 0.3) is 0 Å². The van der Waals surface area contributed by atoms with Crippen LogP contribution in [-0.2, 0) is 4.74 Å². The molecule has 2 heteroatoms. The molecular weight excluding hydrogens is 138 g/mol. The SMILES string of the molecule is CCCCN1CCCOCC1. The van der Waals surface area contributed by atoms with E-state index in [4.69, 9.17) is 4.74 Å². The molecule has 0 aromatic carbocycles. The summed E-state index contributed by atoms with van der Waals surface area (Å²) in [6.45, 7) is 7.78. The Morgan fingerprint density at radius 2 is 2.18 bits per heavy atom. The van der Waals surface area contributed by atoms with Gasteiger partial charge < -0.3 is 9.64 Å². The first-order chi connectivity index (χ1) is 5.43. The fraction of sp³-hybridized carbons (Fsp3) is 1.00. The van der Waals surface area contributed by atoms with Gasteiger partial charge in [0.05, 0.1) is 6.61 Å². The summed E-state index contributed by atoms with van der Waals surface area (Å²) in [5, 5.41) is 0. The molecule has 1 aliphatic heterocycles. The average Bonchev–Trinajstić information content (AvgIpc) is 2.28. The second kappa shape index (κ2) is 5.56. The minimum Gasteiger partial charge on any atom is -0.380 e. The summed E-state index contributed by atoms with van der Waals surface area (Å²) in [7, 11) is 0. The molecule has 0 radical (unpaired) electrons. The zero-order valence-corrected chi connectivity index (χ0v) is 7.51. The summed E-state index contributed by atoms with van der Waals surface area (Å²) in [6, 6.07) is 0. The molecule has 1 fully saturated rings. The van der Waals surface area contributed by atoms with Gasteiger partial charge in [-0.15, -0.1) is 0 Å². The Hall–Kier alpha value is -0.0800. The fourth-order valence-corrected chi connectivity index (χ4v) is 1.40. The second-order valence-electron chi connectivity index (χ2n) is 3.16. The van der Waals surface area contributed by atoms with E-state index in [0.29, 0.717) is 0 Å². The van der Waals surface area contributed by atoms with Crippen LogP contribution in [0.1, 0.15) is 26.2 Å². The lowest BCUT2D eigenvalue weighted by Gasteiger charge is -2.17. The van der Waals surface area contributed by atoms with Gasteiger partial charge in [0.1, 0.15) is 0 Å². The van der Waals surface area contributed by atoms with Gasteiger partial charge in [0.15, 0.2) is 0 Å². The van der Waals surface area contributed by atoms with Gasteiger partial charge in [-0.05, 0) is 19.4 Å². The molecule has 1 aliphatic rings. The zero-order chi connectivity index (χ0) is 7.94. The number of unbranched alkanes of at least 4 members (excludes halogenated alkanes) is 1. The predicted octanol–water partition coefficient (Wildman–Crippen LogP) is 1.51. The van der Waals surface area contributed by atoms with Crippen LogP contribution in [0.2, 0.25) is 0 Å². The maximum Gasteiger partial charge on any atom is 0.0593 e. The molecule has 0 amide bonds. The van der Waals surface area contributed by atoms with Gasteiger partial charge in [0.2, 0.25) is 0 Å². The number of ether oxygens (including phenoxy) is 1. The Morgan fingerprint density at radius 3 is 3.00 bits per heavy atom. The average molecular weight is 157 g/mol. The van der Waals surface area contributed by atoms with Crippen molar-refractivity contribution in [3.63, 3.8) is 0 Å². The van der Waals surface area contributed by atoms with Crippen LogP contribution in [0, 0.1) is 0 Å². The molecule has 0 N–H and O–H groups in total. The number of nitrogens with zero attached hydrogens (tertiary/aromatic N) is 1. The Kier molecular flexibility index (Phi) is 4.55. The van der Waals surface area contributed by atoms with E-state index in [9.17, 15) is 0 Å². The third-order valence-electron chi connectivity index (χ3n) is 2.14. The van der Waals surface area contributed by atoms with E-state index in [2.05, 4.69) is 11.8 Å². The molecule has 0 aliphatic carbocycles. The summed E-state index contributed by atoms with van der Waals surface area (Å²) < 4.78 is 5.36. The van der Waals surface area contributed by atoms with Gasteiger partial charge in [-0.3, -0.25) is 0 Å². The molecule has 0 unspecified atom stereocenters. The summed E-state index contributed by atoms with van der Waals surface area (Å²) in [5.41, 5.74) is 0. The van der Waals surface area contributed by atoms with E-state index in [1.165, 1.54) is 32.4 Å². The van der Waals surface area contributed by atoms with Gasteiger partial charge in [0, 0.05) is 19.7 Å². The lowest BCUT2D eigenvalue weighted by Crippen LogP contribution is -2.27. The summed E-state index contributed by atoms with van der Waals surface area (Å²) in [4.78, 5) is 2.51. The van der Waals surface area contributed by atoms with Crippen LogP contribution in [0.3, 0.4) is 0 Å². The first-order valence-corrected chi connectivity index (χ1v) is 4.73. The van der Waals surface area contributed by atoms with Crippen LogP contribution in [0.4, 0.5) is 0 Å². The van der Waals surface area contributed by atoms with Crippen molar-refractivity contribution in [1.29, 1.82) is 0 Å². The van der Waals surface area contributed by atoms with E-state index in [0.717, 1.165) is 19.8 Å². The van der Waals surface area contributed by atoms with E-state index >= 15 is 0 Å². The Bertz CT molecular complexity index is 87.6. The number of hydrogen-bond donors (Lipinski definition) is 0. The molecule has 1 heterocycles. The van der Waals surface area contributed by atoms with Gasteiger partial charge in [0.25, 0.3) is 0 Å². The van der Waals surface area contributed by atoms with Crippen LogP contribution >= 0.6 is 0 Å². The predicted molar refractivity (Wildman–Crippen MR) is 46.8 cm³/mol. The highest BCUT2D eigenvalue weighted by atomic mass is 16.5. The summed E-state index contributed by atoms with van der Waals surface area (Å²) >= 11 is 0. The first-order valence-electron chi connectivity index (χ1n) is 4.73. The van der Waals surface area contributed by atoms with Crippen LogP contribution in [0.15, 0.2) is 0 Å². The minimum absolute atomic E-state index is 0.934. The van der Waals surface area contributed by atoms with Gasteiger partial charge in [-0.25, -0.2) is 0 Å². The summed E-state index contributed by atoms with van der Waals surface area (Å²) in [5.74, 6) is 0. The molecular formula is C9H19NO. The number of rotatable bonds is 3. The third-order valence-corrected chi connectivity index (χ3v) is 2.14. The lowest BCUT2D eigenvalue weighted by atomic mass is 10.3. The lowest BCUT2D eigenvalue weighted by molar-refractivity contribution is 0.141. The summed E-state index contributed by atoms with van der Waals surface area (Å²) in [6.07, 6.45) is 3.85. The Balaban J connectivity index is 2.09. The molecule has 0 spiro atoms. The zero-order valence-electron chi connectivity index (χ0n) is 7.51. The quantitative estimate of drug-likeness (QED) is 0.615. The van der Waals surface area contributed by atoms with Crippen molar-refractivity contribution in [2.24, 2.45) is 0 Å². The first kappa shape index (κ1) is 9.01. The van der Waals surface area contributed by atoms with Crippen molar-refractivity contribution in [2.75, 3.05) is 32.8 Å². The standard InChI is InChI=1S/C9H19NO/c1-2-3-5-10-6-4-8-11-9-7-10/h2-9H2,1H3. The molecule has 1 rings (SSSR count). The van der Waals surface area contributed by atoms with E-state index in [1.54, 1.807) is 0 Å². The van der Waals surface area contributed by atoms with Gasteiger partial charge >= 0.3 is 0 Å². The van der Waals surface area contributed by atoms with E-state index in [1.807, 2.05) is 0 Å². The van der Waals surface area contributed by atoms with Crippen LogP contribution in [-0.4, -0.2) is 37.7 Å². The monoisotopic (exact) mass is 157 g/mol. The smallest absolute Gasteiger partial charge is 0.0593 e. The molecule has 0 saturated carbocycles. The molecule has 0 atom stereocenters. The third kappa shape index (κ3) is 3.73. The molecule has 0 aromatic rings. The molecule has 66 valence electrons. The molecule has 1 saturated heterocycles. The second-order valence-corrected chi connectivity index (χ2v) is 3.16. The number of hydrogen-bond acceptors (Lipinski definition) is 2.